The third-order valence-corrected chi connectivity index (χ3v) is 4.27. The van der Waals surface area contributed by atoms with Gasteiger partial charge in [0.2, 0.25) is 11.8 Å². The predicted molar refractivity (Wildman–Crippen MR) is 104 cm³/mol. The molecule has 2 rings (SSSR count). The van der Waals surface area contributed by atoms with E-state index in [1.807, 2.05) is 30.3 Å². The van der Waals surface area contributed by atoms with Gasteiger partial charge >= 0.3 is 0 Å². The minimum absolute atomic E-state index is 0.0799. The highest BCUT2D eigenvalue weighted by Crippen LogP contribution is 2.29. The van der Waals surface area contributed by atoms with Crippen LogP contribution in [0.1, 0.15) is 5.56 Å². The van der Waals surface area contributed by atoms with Crippen LogP contribution in [0.4, 0.5) is 5.69 Å². The van der Waals surface area contributed by atoms with Gasteiger partial charge in [-0.15, -0.1) is 0 Å². The molecule has 0 bridgehead atoms. The normalized spacial score (nSPS) is 10.4. The van der Waals surface area contributed by atoms with Crippen LogP contribution in [0, 0.1) is 0 Å². The molecule has 0 aromatic heterocycles. The molecule has 7 heteroatoms. The quantitative estimate of drug-likeness (QED) is 0.695. The summed E-state index contributed by atoms with van der Waals surface area (Å²) in [6, 6.07) is 14.8. The summed E-state index contributed by atoms with van der Waals surface area (Å²) in [7, 11) is 1.54. The molecule has 1 N–H and O–H groups in total. The predicted octanol–water partition coefficient (Wildman–Crippen LogP) is 3.65. The van der Waals surface area contributed by atoms with Crippen LogP contribution >= 0.6 is 23.2 Å². The summed E-state index contributed by atoms with van der Waals surface area (Å²) >= 11 is 12.0. The van der Waals surface area contributed by atoms with Crippen molar-refractivity contribution in [2.75, 3.05) is 32.1 Å². The Kier molecular flexibility index (Phi) is 7.91. The van der Waals surface area contributed by atoms with Gasteiger partial charge in [-0.05, 0) is 24.1 Å². The molecule has 0 atom stereocenters. The topological polar surface area (TPSA) is 58.6 Å². The molecule has 2 aromatic carbocycles. The maximum absolute atomic E-state index is 12.1. The van der Waals surface area contributed by atoms with Gasteiger partial charge < -0.3 is 15.0 Å². The third-order valence-electron chi connectivity index (χ3n) is 3.64. The largest absolute Gasteiger partial charge is 0.371 e. The summed E-state index contributed by atoms with van der Waals surface area (Å²) in [6.07, 6.45) is 0.726. The Morgan fingerprint density at radius 1 is 1.04 bits per heavy atom. The van der Waals surface area contributed by atoms with Gasteiger partial charge in [0.25, 0.3) is 0 Å². The Morgan fingerprint density at radius 2 is 1.69 bits per heavy atom. The van der Waals surface area contributed by atoms with E-state index in [2.05, 4.69) is 5.32 Å². The summed E-state index contributed by atoms with van der Waals surface area (Å²) < 4.78 is 5.39. The summed E-state index contributed by atoms with van der Waals surface area (Å²) in [5.74, 6) is -0.668. The zero-order chi connectivity index (χ0) is 18.9. The molecular weight excluding hydrogens is 375 g/mol. The van der Waals surface area contributed by atoms with Crippen molar-refractivity contribution in [1.29, 1.82) is 0 Å². The number of carbonyl (C=O) groups excluding carboxylic acids is 2. The van der Waals surface area contributed by atoms with Gasteiger partial charge in [-0.1, -0.05) is 59.6 Å². The lowest BCUT2D eigenvalue weighted by Gasteiger charge is -2.17. The number of nitrogens with zero attached hydrogens (tertiary/aromatic N) is 1. The molecule has 138 valence electrons. The first-order chi connectivity index (χ1) is 12.5. The molecule has 2 amide bonds. The highest BCUT2D eigenvalue weighted by atomic mass is 35.5. The van der Waals surface area contributed by atoms with E-state index in [0.29, 0.717) is 22.3 Å². The maximum atomic E-state index is 12.1. The summed E-state index contributed by atoms with van der Waals surface area (Å²) in [4.78, 5) is 25.4. The Hall–Kier alpha value is -2.08. The van der Waals surface area contributed by atoms with Crippen molar-refractivity contribution in [3.05, 3.63) is 64.1 Å². The lowest BCUT2D eigenvalue weighted by Crippen LogP contribution is -2.37. The Morgan fingerprint density at radius 3 is 2.35 bits per heavy atom. The van der Waals surface area contributed by atoms with Crippen LogP contribution in [0.25, 0.3) is 0 Å². The SMILES string of the molecule is CN(CC(=O)Nc1c(Cl)cccc1Cl)C(=O)COCCc1ccccc1. The number of benzene rings is 2. The Balaban J connectivity index is 1.73. The lowest BCUT2D eigenvalue weighted by atomic mass is 10.2. The van der Waals surface area contributed by atoms with Gasteiger partial charge in [0.1, 0.15) is 6.61 Å². The van der Waals surface area contributed by atoms with Crippen LogP contribution < -0.4 is 5.32 Å². The van der Waals surface area contributed by atoms with E-state index in [-0.39, 0.29) is 25.0 Å². The van der Waals surface area contributed by atoms with Crippen molar-refractivity contribution >= 4 is 40.7 Å². The highest BCUT2D eigenvalue weighted by molar-refractivity contribution is 6.39. The van der Waals surface area contributed by atoms with E-state index in [4.69, 9.17) is 27.9 Å². The van der Waals surface area contributed by atoms with Gasteiger partial charge in [-0.3, -0.25) is 9.59 Å². The number of hydrogen-bond acceptors (Lipinski definition) is 3. The average Bonchev–Trinajstić information content (AvgIpc) is 2.62. The number of carbonyl (C=O) groups is 2. The fourth-order valence-electron chi connectivity index (χ4n) is 2.20. The molecular formula is C19H20Cl2N2O3. The van der Waals surface area contributed by atoms with Gasteiger partial charge in [-0.25, -0.2) is 0 Å². The monoisotopic (exact) mass is 394 g/mol. The van der Waals surface area contributed by atoms with Gasteiger partial charge in [0.15, 0.2) is 0 Å². The number of rotatable bonds is 8. The first kappa shape index (κ1) is 20.2. The van der Waals surface area contributed by atoms with E-state index in [1.165, 1.54) is 11.9 Å². The Labute approximate surface area is 162 Å². The molecule has 0 aliphatic heterocycles. The van der Waals surface area contributed by atoms with Crippen molar-refractivity contribution in [2.24, 2.45) is 0 Å². The van der Waals surface area contributed by atoms with Crippen LogP contribution in [0.15, 0.2) is 48.5 Å². The number of halogens is 2. The molecule has 0 unspecified atom stereocenters. The van der Waals surface area contributed by atoms with E-state index in [9.17, 15) is 9.59 Å². The molecule has 0 fully saturated rings. The van der Waals surface area contributed by atoms with E-state index >= 15 is 0 Å². The van der Waals surface area contributed by atoms with Crippen molar-refractivity contribution in [3.8, 4) is 0 Å². The molecule has 0 aliphatic rings. The van der Waals surface area contributed by atoms with E-state index < -0.39 is 0 Å². The van der Waals surface area contributed by atoms with Crippen LogP contribution in [0.5, 0.6) is 0 Å². The second kappa shape index (κ2) is 10.2. The van der Waals surface area contributed by atoms with Crippen LogP contribution in [0.3, 0.4) is 0 Å². The number of para-hydroxylation sites is 1. The fraction of sp³-hybridized carbons (Fsp3) is 0.263. The van der Waals surface area contributed by atoms with Crippen LogP contribution in [-0.2, 0) is 20.7 Å². The third kappa shape index (κ3) is 6.33. The maximum Gasteiger partial charge on any atom is 0.248 e. The summed E-state index contributed by atoms with van der Waals surface area (Å²) in [6.45, 7) is 0.233. The molecule has 0 heterocycles. The summed E-state index contributed by atoms with van der Waals surface area (Å²) in [5.41, 5.74) is 1.48. The zero-order valence-corrected chi connectivity index (χ0v) is 15.9. The van der Waals surface area contributed by atoms with Gasteiger partial charge in [-0.2, -0.15) is 0 Å². The average molecular weight is 395 g/mol. The van der Waals surface area contributed by atoms with E-state index in [1.54, 1.807) is 18.2 Å². The van der Waals surface area contributed by atoms with Crippen LogP contribution in [0.2, 0.25) is 10.0 Å². The minimum atomic E-state index is -0.389. The Bertz CT molecular complexity index is 733. The van der Waals surface area contributed by atoms with Gasteiger partial charge in [0, 0.05) is 7.05 Å². The molecule has 0 aliphatic carbocycles. The van der Waals surface area contributed by atoms with Crippen LogP contribution in [-0.4, -0.2) is 43.5 Å². The van der Waals surface area contributed by atoms with Crippen molar-refractivity contribution < 1.29 is 14.3 Å². The molecule has 0 saturated heterocycles. The standard InChI is InChI=1S/C19H20Cl2N2O3/c1-23(12-17(24)22-19-15(20)8-5-9-16(19)21)18(25)13-26-11-10-14-6-3-2-4-7-14/h2-9H,10-13H2,1H3,(H,22,24). The summed E-state index contributed by atoms with van der Waals surface area (Å²) in [5, 5.41) is 3.29. The smallest absolute Gasteiger partial charge is 0.248 e. The number of nitrogens with one attached hydrogen (secondary N) is 1. The molecule has 0 saturated carbocycles. The fourth-order valence-corrected chi connectivity index (χ4v) is 2.70. The molecule has 5 nitrogen and oxygen atoms in total. The lowest BCUT2D eigenvalue weighted by molar-refractivity contribution is -0.137. The zero-order valence-electron chi connectivity index (χ0n) is 14.4. The van der Waals surface area contributed by atoms with Crippen molar-refractivity contribution in [1.82, 2.24) is 4.90 Å². The van der Waals surface area contributed by atoms with Crippen molar-refractivity contribution in [2.45, 2.75) is 6.42 Å². The number of anilines is 1. The molecule has 26 heavy (non-hydrogen) atoms. The second-order valence-electron chi connectivity index (χ2n) is 5.68. The number of hydrogen-bond donors (Lipinski definition) is 1. The number of ether oxygens (including phenoxy) is 1. The van der Waals surface area contributed by atoms with E-state index in [0.717, 1.165) is 12.0 Å². The van der Waals surface area contributed by atoms with Crippen molar-refractivity contribution in [3.63, 3.8) is 0 Å². The first-order valence-electron chi connectivity index (χ1n) is 8.07. The number of amides is 2. The second-order valence-corrected chi connectivity index (χ2v) is 6.50. The molecule has 2 aromatic rings. The first-order valence-corrected chi connectivity index (χ1v) is 8.82. The minimum Gasteiger partial charge on any atom is -0.371 e. The molecule has 0 radical (unpaired) electrons. The number of likely N-dealkylation sites (N-methyl/N-ethyl adjacent to an activating group) is 1. The highest BCUT2D eigenvalue weighted by Gasteiger charge is 2.15. The van der Waals surface area contributed by atoms with Gasteiger partial charge in [0.05, 0.1) is 28.9 Å². The molecule has 0 spiro atoms.